The minimum absolute atomic E-state index is 0. The molecule has 2 rings (SSSR count). The predicted octanol–water partition coefficient (Wildman–Crippen LogP) is 1.66. The molecule has 0 saturated heterocycles. The van der Waals surface area contributed by atoms with Crippen LogP contribution >= 0.6 is 21.0 Å². The maximum Gasteiger partial charge on any atom is 0.0184 e. The van der Waals surface area contributed by atoms with Gasteiger partial charge in [-0.3, -0.25) is 0 Å². The molecule has 0 heterocycles. The van der Waals surface area contributed by atoms with Crippen molar-refractivity contribution >= 4 is 31.6 Å². The highest BCUT2D eigenvalue weighted by Crippen LogP contribution is 2.15. The van der Waals surface area contributed by atoms with Crippen molar-refractivity contribution < 1.29 is 0 Å². The van der Waals surface area contributed by atoms with E-state index in [1.807, 2.05) is 12.1 Å². The molecule has 0 spiro atoms. The predicted molar refractivity (Wildman–Crippen MR) is 83.5 cm³/mol. The Labute approximate surface area is 116 Å². The Morgan fingerprint density at radius 3 is 1.50 bits per heavy atom. The third kappa shape index (κ3) is 3.54. The molecule has 0 bridgehead atoms. The summed E-state index contributed by atoms with van der Waals surface area (Å²) >= 11 is 0. The molecule has 0 amide bonds. The molecule has 0 unspecified atom stereocenters. The van der Waals surface area contributed by atoms with Gasteiger partial charge in [0.15, 0.2) is 0 Å². The molecule has 18 heavy (non-hydrogen) atoms. The zero-order valence-electron chi connectivity index (χ0n) is 10.1. The Morgan fingerprint density at radius 1 is 0.722 bits per heavy atom. The molecule has 0 aliphatic heterocycles. The summed E-state index contributed by atoms with van der Waals surface area (Å²) in [6.45, 7) is 1.18. The van der Waals surface area contributed by atoms with Gasteiger partial charge in [-0.05, 0) is 21.7 Å². The number of benzene rings is 2. The first kappa shape index (κ1) is 15.1. The van der Waals surface area contributed by atoms with E-state index in [1.54, 1.807) is 0 Å². The lowest BCUT2D eigenvalue weighted by atomic mass is 10.2. The smallest absolute Gasteiger partial charge is 0.0184 e. The van der Waals surface area contributed by atoms with E-state index >= 15 is 0 Å². The summed E-state index contributed by atoms with van der Waals surface area (Å²) in [6.07, 6.45) is 0. The fourth-order valence-electron chi connectivity index (χ4n) is 1.79. The second kappa shape index (κ2) is 7.50. The molecule has 2 nitrogen and oxygen atoms in total. The van der Waals surface area contributed by atoms with E-state index < -0.39 is 0 Å². The molecule has 2 aromatic carbocycles. The van der Waals surface area contributed by atoms with Crippen LogP contribution in [0.15, 0.2) is 48.5 Å². The summed E-state index contributed by atoms with van der Waals surface area (Å²) in [5.74, 6) is 0. The van der Waals surface area contributed by atoms with Crippen LogP contribution in [-0.4, -0.2) is 0 Å². The Kier molecular flexibility index (Phi) is 6.31. The van der Waals surface area contributed by atoms with Crippen LogP contribution in [0, 0.1) is 0 Å². The molecular formula is C14H18ClN2P. The van der Waals surface area contributed by atoms with Crippen molar-refractivity contribution in [3.8, 4) is 0 Å². The fraction of sp³-hybridized carbons (Fsp3) is 0.143. The van der Waals surface area contributed by atoms with Crippen LogP contribution in [0.1, 0.15) is 11.1 Å². The Hall–Kier alpha value is -0.920. The number of hydrogen-bond acceptors (Lipinski definition) is 2. The zero-order chi connectivity index (χ0) is 12.1. The number of rotatable bonds is 4. The molecule has 2 aromatic rings. The first-order valence-electron chi connectivity index (χ1n) is 5.68. The maximum absolute atomic E-state index is 5.75. The van der Waals surface area contributed by atoms with Crippen molar-refractivity contribution in [1.29, 1.82) is 0 Å². The molecular weight excluding hydrogens is 263 g/mol. The third-order valence-corrected chi connectivity index (χ3v) is 4.26. The van der Waals surface area contributed by atoms with E-state index in [0.717, 1.165) is 0 Å². The van der Waals surface area contributed by atoms with Crippen LogP contribution in [0.3, 0.4) is 0 Å². The monoisotopic (exact) mass is 280 g/mol. The van der Waals surface area contributed by atoms with Gasteiger partial charge < -0.3 is 11.5 Å². The van der Waals surface area contributed by atoms with E-state index in [1.165, 1.54) is 21.7 Å². The summed E-state index contributed by atoms with van der Waals surface area (Å²) in [5, 5.41) is 2.63. The SMILES string of the molecule is Cl.NCc1ccccc1Pc1ccccc1CN. The van der Waals surface area contributed by atoms with Gasteiger partial charge in [0, 0.05) is 13.1 Å². The Morgan fingerprint density at radius 2 is 1.11 bits per heavy atom. The topological polar surface area (TPSA) is 52.0 Å². The molecule has 0 aromatic heterocycles. The van der Waals surface area contributed by atoms with Crippen LogP contribution in [0.25, 0.3) is 0 Å². The van der Waals surface area contributed by atoms with Crippen molar-refractivity contribution in [2.24, 2.45) is 11.5 Å². The van der Waals surface area contributed by atoms with E-state index in [0.29, 0.717) is 21.7 Å². The Balaban J connectivity index is 0.00000162. The van der Waals surface area contributed by atoms with E-state index in [2.05, 4.69) is 36.4 Å². The van der Waals surface area contributed by atoms with Crippen molar-refractivity contribution in [3.05, 3.63) is 59.7 Å². The molecule has 0 fully saturated rings. The first-order chi connectivity index (χ1) is 8.35. The summed E-state index contributed by atoms with van der Waals surface area (Å²) in [6, 6.07) is 16.7. The van der Waals surface area contributed by atoms with Gasteiger partial charge in [0.25, 0.3) is 0 Å². The molecule has 0 aliphatic rings. The van der Waals surface area contributed by atoms with E-state index in [-0.39, 0.29) is 12.4 Å². The van der Waals surface area contributed by atoms with Crippen molar-refractivity contribution in [2.45, 2.75) is 13.1 Å². The molecule has 96 valence electrons. The summed E-state index contributed by atoms with van der Waals surface area (Å²) in [5.41, 5.74) is 13.9. The van der Waals surface area contributed by atoms with Gasteiger partial charge in [0.2, 0.25) is 0 Å². The lowest BCUT2D eigenvalue weighted by molar-refractivity contribution is 1.08. The minimum Gasteiger partial charge on any atom is -0.326 e. The van der Waals surface area contributed by atoms with Crippen LogP contribution < -0.4 is 22.1 Å². The fourth-order valence-corrected chi connectivity index (χ4v) is 3.13. The number of nitrogens with two attached hydrogens (primary N) is 2. The van der Waals surface area contributed by atoms with Gasteiger partial charge in [-0.2, -0.15) is 0 Å². The maximum atomic E-state index is 5.75. The Bertz CT molecular complexity index is 457. The van der Waals surface area contributed by atoms with Gasteiger partial charge in [-0.1, -0.05) is 57.1 Å². The van der Waals surface area contributed by atoms with Crippen molar-refractivity contribution in [2.75, 3.05) is 0 Å². The lowest BCUT2D eigenvalue weighted by Gasteiger charge is -2.10. The van der Waals surface area contributed by atoms with Gasteiger partial charge in [0.05, 0.1) is 0 Å². The molecule has 4 heteroatoms. The number of halogens is 1. The average molecular weight is 281 g/mol. The molecule has 0 aliphatic carbocycles. The molecule has 0 radical (unpaired) electrons. The highest BCUT2D eigenvalue weighted by atomic mass is 35.5. The standard InChI is InChI=1S/C14H17N2P.ClH/c15-9-11-5-1-3-7-13(11)17-14-8-4-2-6-12(14)10-16;/h1-8,17H,9-10,15-16H2;1H. The molecule has 4 N–H and O–H groups in total. The lowest BCUT2D eigenvalue weighted by Crippen LogP contribution is -2.16. The average Bonchev–Trinajstić information content (AvgIpc) is 2.40. The van der Waals surface area contributed by atoms with Gasteiger partial charge in [0.1, 0.15) is 0 Å². The molecule has 0 atom stereocenters. The van der Waals surface area contributed by atoms with Crippen molar-refractivity contribution in [1.82, 2.24) is 0 Å². The quantitative estimate of drug-likeness (QED) is 0.837. The van der Waals surface area contributed by atoms with Gasteiger partial charge in [-0.15, -0.1) is 12.4 Å². The van der Waals surface area contributed by atoms with Crippen molar-refractivity contribution in [3.63, 3.8) is 0 Å². The van der Waals surface area contributed by atoms with Gasteiger partial charge >= 0.3 is 0 Å². The highest BCUT2D eigenvalue weighted by molar-refractivity contribution is 7.55. The number of hydrogen-bond donors (Lipinski definition) is 2. The summed E-state index contributed by atoms with van der Waals surface area (Å²) < 4.78 is 0. The van der Waals surface area contributed by atoms with Crippen LogP contribution in [0.5, 0.6) is 0 Å². The van der Waals surface area contributed by atoms with Gasteiger partial charge in [-0.25, -0.2) is 0 Å². The third-order valence-electron chi connectivity index (χ3n) is 2.74. The van der Waals surface area contributed by atoms with Crippen LogP contribution in [-0.2, 0) is 13.1 Å². The second-order valence-corrected chi connectivity index (χ2v) is 5.17. The highest BCUT2D eigenvalue weighted by Gasteiger charge is 2.04. The largest absolute Gasteiger partial charge is 0.326 e. The van der Waals surface area contributed by atoms with E-state index in [4.69, 9.17) is 11.5 Å². The second-order valence-electron chi connectivity index (χ2n) is 3.85. The summed E-state index contributed by atoms with van der Waals surface area (Å²) in [4.78, 5) is 0. The summed E-state index contributed by atoms with van der Waals surface area (Å²) in [7, 11) is 0.628. The first-order valence-corrected chi connectivity index (χ1v) is 6.68. The zero-order valence-corrected chi connectivity index (χ0v) is 11.9. The minimum atomic E-state index is 0. The van der Waals surface area contributed by atoms with E-state index in [9.17, 15) is 0 Å². The van der Waals surface area contributed by atoms with Crippen LogP contribution in [0.4, 0.5) is 0 Å². The normalized spacial score (nSPS) is 9.89. The van der Waals surface area contributed by atoms with Crippen LogP contribution in [0.2, 0.25) is 0 Å². The molecule has 0 saturated carbocycles.